The third-order valence-corrected chi connectivity index (χ3v) is 3.92. The molecular formula is C15H23O2S-. The van der Waals surface area contributed by atoms with Gasteiger partial charge in [0.1, 0.15) is 0 Å². The van der Waals surface area contributed by atoms with Crippen LogP contribution in [0, 0.1) is 12.3 Å². The molecule has 1 aromatic carbocycles. The highest BCUT2D eigenvalue weighted by Gasteiger charge is 2.27. The number of hydrogen-bond acceptors (Lipinski definition) is 2. The van der Waals surface area contributed by atoms with E-state index < -0.39 is 11.1 Å². The molecule has 0 fully saturated rings. The van der Waals surface area contributed by atoms with Gasteiger partial charge in [0, 0.05) is 4.90 Å². The maximum absolute atomic E-state index is 11.2. The Balaban J connectivity index is 3.17. The maximum atomic E-state index is 11.2. The molecule has 1 atom stereocenters. The van der Waals surface area contributed by atoms with Crippen molar-refractivity contribution in [3.8, 4) is 0 Å². The van der Waals surface area contributed by atoms with Crippen molar-refractivity contribution in [2.24, 2.45) is 5.41 Å². The Hall–Kier alpha value is -0.670. The zero-order valence-electron chi connectivity index (χ0n) is 12.2. The predicted molar refractivity (Wildman–Crippen MR) is 75.5 cm³/mol. The first-order valence-electron chi connectivity index (χ1n) is 6.23. The van der Waals surface area contributed by atoms with Gasteiger partial charge in [-0.15, -0.1) is 0 Å². The van der Waals surface area contributed by atoms with E-state index in [-0.39, 0.29) is 10.8 Å². The van der Waals surface area contributed by atoms with E-state index in [1.807, 2.05) is 25.1 Å². The molecule has 0 saturated carbocycles. The SMILES string of the molecule is Cc1ccc(C(C)(C)CC(C)(C)C)cc1S(=O)[O-]. The topological polar surface area (TPSA) is 40.1 Å². The van der Waals surface area contributed by atoms with Gasteiger partial charge < -0.3 is 4.55 Å². The lowest BCUT2D eigenvalue weighted by atomic mass is 9.72. The normalized spacial score (nSPS) is 14.6. The van der Waals surface area contributed by atoms with Gasteiger partial charge >= 0.3 is 0 Å². The molecule has 0 saturated heterocycles. The van der Waals surface area contributed by atoms with E-state index in [1.54, 1.807) is 0 Å². The Kier molecular flexibility index (Phi) is 4.39. The second-order valence-electron chi connectivity index (χ2n) is 6.84. The van der Waals surface area contributed by atoms with Crippen molar-refractivity contribution in [2.75, 3.05) is 0 Å². The lowest BCUT2D eigenvalue weighted by Crippen LogP contribution is -2.25. The lowest BCUT2D eigenvalue weighted by Gasteiger charge is -2.33. The molecule has 1 rings (SSSR count). The van der Waals surface area contributed by atoms with Crippen molar-refractivity contribution < 1.29 is 8.76 Å². The first kappa shape index (κ1) is 15.4. The highest BCUT2D eigenvalue weighted by molar-refractivity contribution is 7.79. The molecule has 1 aromatic rings. The fourth-order valence-electron chi connectivity index (χ4n) is 2.63. The summed E-state index contributed by atoms with van der Waals surface area (Å²) in [6, 6.07) is 5.74. The molecular weight excluding hydrogens is 244 g/mol. The summed E-state index contributed by atoms with van der Waals surface area (Å²) in [4.78, 5) is 0.412. The summed E-state index contributed by atoms with van der Waals surface area (Å²) >= 11 is -2.16. The average Bonchev–Trinajstić information content (AvgIpc) is 2.13. The molecule has 0 aliphatic heterocycles. The molecule has 0 aliphatic carbocycles. The number of aryl methyl sites for hydroxylation is 1. The molecule has 0 aliphatic rings. The smallest absolute Gasteiger partial charge is 0.0280 e. The molecule has 0 heterocycles. The van der Waals surface area contributed by atoms with Gasteiger partial charge in [-0.05, 0) is 52.4 Å². The van der Waals surface area contributed by atoms with Gasteiger partial charge in [-0.25, -0.2) is 0 Å². The van der Waals surface area contributed by atoms with Crippen molar-refractivity contribution >= 4 is 11.1 Å². The van der Waals surface area contributed by atoms with Crippen molar-refractivity contribution in [1.29, 1.82) is 0 Å². The van der Waals surface area contributed by atoms with Gasteiger partial charge in [0.2, 0.25) is 0 Å². The molecule has 102 valence electrons. The van der Waals surface area contributed by atoms with Crippen LogP contribution >= 0.6 is 0 Å². The molecule has 1 unspecified atom stereocenters. The van der Waals surface area contributed by atoms with Crippen molar-refractivity contribution in [3.05, 3.63) is 29.3 Å². The molecule has 2 nitrogen and oxygen atoms in total. The van der Waals surface area contributed by atoms with E-state index in [1.165, 1.54) is 0 Å². The number of rotatable bonds is 3. The van der Waals surface area contributed by atoms with Crippen LogP contribution in [0.2, 0.25) is 0 Å². The van der Waals surface area contributed by atoms with Crippen LogP contribution in [-0.2, 0) is 16.5 Å². The first-order chi connectivity index (χ1) is 8.03. The molecule has 0 amide bonds. The summed E-state index contributed by atoms with van der Waals surface area (Å²) in [5.41, 5.74) is 2.08. The molecule has 3 heteroatoms. The molecule has 0 bridgehead atoms. The van der Waals surface area contributed by atoms with Crippen LogP contribution < -0.4 is 0 Å². The Morgan fingerprint density at radius 3 is 2.17 bits per heavy atom. The van der Waals surface area contributed by atoms with Gasteiger partial charge in [0.25, 0.3) is 0 Å². The van der Waals surface area contributed by atoms with E-state index in [2.05, 4.69) is 34.6 Å². The number of benzene rings is 1. The zero-order chi connectivity index (χ0) is 14.1. The Labute approximate surface area is 113 Å². The monoisotopic (exact) mass is 267 g/mol. The van der Waals surface area contributed by atoms with Crippen LogP contribution in [0.5, 0.6) is 0 Å². The van der Waals surface area contributed by atoms with Crippen molar-refractivity contribution in [2.45, 2.75) is 58.3 Å². The predicted octanol–water partition coefficient (Wildman–Crippen LogP) is 3.95. The van der Waals surface area contributed by atoms with Gasteiger partial charge in [-0.1, -0.05) is 46.8 Å². The first-order valence-corrected chi connectivity index (χ1v) is 7.31. The van der Waals surface area contributed by atoms with Crippen LogP contribution in [0.3, 0.4) is 0 Å². The van der Waals surface area contributed by atoms with Crippen LogP contribution in [0.25, 0.3) is 0 Å². The Bertz CT molecular complexity index is 456. The lowest BCUT2D eigenvalue weighted by molar-refractivity contribution is 0.284. The highest BCUT2D eigenvalue weighted by Crippen LogP contribution is 2.37. The average molecular weight is 267 g/mol. The van der Waals surface area contributed by atoms with Crippen molar-refractivity contribution in [1.82, 2.24) is 0 Å². The Morgan fingerprint density at radius 2 is 1.72 bits per heavy atom. The summed E-state index contributed by atoms with van der Waals surface area (Å²) in [6.45, 7) is 12.8. The van der Waals surface area contributed by atoms with Gasteiger partial charge in [0.05, 0.1) is 0 Å². The van der Waals surface area contributed by atoms with E-state index in [4.69, 9.17) is 0 Å². The zero-order valence-corrected chi connectivity index (χ0v) is 13.0. The van der Waals surface area contributed by atoms with Crippen LogP contribution in [0.15, 0.2) is 23.1 Å². The number of hydrogen-bond donors (Lipinski definition) is 0. The van der Waals surface area contributed by atoms with Crippen LogP contribution in [0.1, 0.15) is 52.2 Å². The summed E-state index contributed by atoms with van der Waals surface area (Å²) in [7, 11) is 0. The molecule has 0 radical (unpaired) electrons. The van der Waals surface area contributed by atoms with E-state index in [0.717, 1.165) is 17.5 Å². The minimum atomic E-state index is -2.16. The standard InChI is InChI=1S/C15H24O2S/c1-11-7-8-12(9-13(11)18(16)17)15(5,6)10-14(2,3)4/h7-9H,10H2,1-6H3,(H,16,17)/p-1. The second kappa shape index (κ2) is 5.14. The molecule has 0 aromatic heterocycles. The largest absolute Gasteiger partial charge is 0.768 e. The molecule has 0 N–H and O–H groups in total. The van der Waals surface area contributed by atoms with Gasteiger partial charge in [0.15, 0.2) is 0 Å². The van der Waals surface area contributed by atoms with E-state index in [9.17, 15) is 8.76 Å². The fourth-order valence-corrected chi connectivity index (χ4v) is 3.18. The third-order valence-electron chi connectivity index (χ3n) is 3.12. The van der Waals surface area contributed by atoms with Crippen molar-refractivity contribution in [3.63, 3.8) is 0 Å². The minimum Gasteiger partial charge on any atom is -0.768 e. The Morgan fingerprint density at radius 1 is 1.17 bits per heavy atom. The summed E-state index contributed by atoms with van der Waals surface area (Å²) in [5.74, 6) is 0. The molecule has 0 spiro atoms. The van der Waals surface area contributed by atoms with E-state index >= 15 is 0 Å². The maximum Gasteiger partial charge on any atom is 0.0280 e. The second-order valence-corrected chi connectivity index (χ2v) is 7.75. The fraction of sp³-hybridized carbons (Fsp3) is 0.600. The van der Waals surface area contributed by atoms with Gasteiger partial charge in [-0.3, -0.25) is 4.21 Å². The highest BCUT2D eigenvalue weighted by atomic mass is 32.2. The summed E-state index contributed by atoms with van der Waals surface area (Å²) < 4.78 is 22.4. The van der Waals surface area contributed by atoms with Crippen LogP contribution in [0.4, 0.5) is 0 Å². The molecule has 18 heavy (non-hydrogen) atoms. The quantitative estimate of drug-likeness (QED) is 0.778. The van der Waals surface area contributed by atoms with E-state index in [0.29, 0.717) is 4.90 Å². The van der Waals surface area contributed by atoms with Crippen LogP contribution in [-0.4, -0.2) is 8.76 Å². The minimum absolute atomic E-state index is 0.0277. The summed E-state index contributed by atoms with van der Waals surface area (Å²) in [5, 5.41) is 0. The van der Waals surface area contributed by atoms with Gasteiger partial charge in [-0.2, -0.15) is 0 Å². The summed E-state index contributed by atoms with van der Waals surface area (Å²) in [6.07, 6.45) is 1.01. The third kappa shape index (κ3) is 3.92.